The number of anilines is 1. The Morgan fingerprint density at radius 2 is 1.85 bits per heavy atom. The predicted octanol–water partition coefficient (Wildman–Crippen LogP) is 1.96. The van der Waals surface area contributed by atoms with E-state index in [0.29, 0.717) is 29.7 Å². The number of ether oxygens (including phenoxy) is 3. The van der Waals surface area contributed by atoms with E-state index in [9.17, 15) is 0 Å². The minimum Gasteiger partial charge on any atom is -0.493 e. The molecule has 2 aromatic rings. The number of rotatable bonds is 6. The number of nitrogens with one attached hydrogen (secondary N) is 1. The molecule has 1 aromatic heterocycles. The highest BCUT2D eigenvalue weighted by Crippen LogP contribution is 2.37. The molecular weight excluding hydrogens is 258 g/mol. The number of pyridine rings is 1. The van der Waals surface area contributed by atoms with Crippen molar-refractivity contribution in [3.05, 3.63) is 42.1 Å². The van der Waals surface area contributed by atoms with Crippen molar-refractivity contribution in [3.63, 3.8) is 0 Å². The summed E-state index contributed by atoms with van der Waals surface area (Å²) in [5.41, 5.74) is 3.43. The second-order valence-corrected chi connectivity index (χ2v) is 3.97. The van der Waals surface area contributed by atoms with E-state index in [4.69, 9.17) is 20.1 Å². The molecule has 0 radical (unpaired) electrons. The first-order valence-corrected chi connectivity index (χ1v) is 6.03. The maximum atomic E-state index is 5.79. The monoisotopic (exact) mass is 275 g/mol. The van der Waals surface area contributed by atoms with Gasteiger partial charge in [0, 0.05) is 6.20 Å². The molecule has 1 heterocycles. The first kappa shape index (κ1) is 14.0. The quantitative estimate of drug-likeness (QED) is 0.620. The van der Waals surface area contributed by atoms with Gasteiger partial charge in [-0.3, -0.25) is 0 Å². The van der Waals surface area contributed by atoms with Gasteiger partial charge >= 0.3 is 0 Å². The summed E-state index contributed by atoms with van der Waals surface area (Å²) in [6.45, 7) is 0.355. The molecule has 0 aliphatic rings. The number of nitrogen functional groups attached to an aromatic ring is 1. The third-order valence-corrected chi connectivity index (χ3v) is 2.74. The Morgan fingerprint density at radius 1 is 1.15 bits per heavy atom. The SMILES string of the molecule is COc1cccc(OC)c1OCc1ccnc(NN)c1. The van der Waals surface area contributed by atoms with Gasteiger partial charge in [0.15, 0.2) is 11.5 Å². The number of nitrogens with two attached hydrogens (primary N) is 1. The van der Waals surface area contributed by atoms with Crippen molar-refractivity contribution >= 4 is 5.82 Å². The highest BCUT2D eigenvalue weighted by atomic mass is 16.5. The van der Waals surface area contributed by atoms with Crippen LogP contribution in [0.1, 0.15) is 5.56 Å². The molecule has 0 fully saturated rings. The molecular formula is C14H17N3O3. The molecule has 0 unspecified atom stereocenters. The Bertz CT molecular complexity index is 553. The summed E-state index contributed by atoms with van der Waals surface area (Å²) in [4.78, 5) is 4.04. The van der Waals surface area contributed by atoms with Crippen molar-refractivity contribution in [1.82, 2.24) is 4.98 Å². The summed E-state index contributed by atoms with van der Waals surface area (Å²) >= 11 is 0. The Balaban J connectivity index is 2.17. The van der Waals surface area contributed by atoms with Gasteiger partial charge in [0.25, 0.3) is 0 Å². The van der Waals surface area contributed by atoms with E-state index >= 15 is 0 Å². The molecule has 0 atom stereocenters. The van der Waals surface area contributed by atoms with Crippen LogP contribution in [0.15, 0.2) is 36.5 Å². The lowest BCUT2D eigenvalue weighted by molar-refractivity contribution is 0.266. The lowest BCUT2D eigenvalue weighted by Gasteiger charge is -2.14. The Labute approximate surface area is 117 Å². The fourth-order valence-electron chi connectivity index (χ4n) is 1.76. The third-order valence-electron chi connectivity index (χ3n) is 2.74. The largest absolute Gasteiger partial charge is 0.493 e. The van der Waals surface area contributed by atoms with Crippen LogP contribution in [0.5, 0.6) is 17.2 Å². The Kier molecular flexibility index (Phi) is 4.62. The molecule has 6 heteroatoms. The second-order valence-electron chi connectivity index (χ2n) is 3.97. The number of para-hydroxylation sites is 1. The van der Waals surface area contributed by atoms with E-state index in [-0.39, 0.29) is 0 Å². The average molecular weight is 275 g/mol. The van der Waals surface area contributed by atoms with E-state index in [1.807, 2.05) is 30.3 Å². The van der Waals surface area contributed by atoms with Gasteiger partial charge in [-0.1, -0.05) is 6.07 Å². The molecule has 0 spiro atoms. The molecule has 1 aromatic carbocycles. The van der Waals surface area contributed by atoms with Gasteiger partial charge in [-0.25, -0.2) is 10.8 Å². The molecule has 106 valence electrons. The van der Waals surface area contributed by atoms with Crippen LogP contribution in [0, 0.1) is 0 Å². The van der Waals surface area contributed by atoms with Gasteiger partial charge in [0.1, 0.15) is 12.4 Å². The topological polar surface area (TPSA) is 78.6 Å². The maximum Gasteiger partial charge on any atom is 0.203 e. The van der Waals surface area contributed by atoms with Crippen molar-refractivity contribution in [1.29, 1.82) is 0 Å². The predicted molar refractivity (Wildman–Crippen MR) is 75.9 cm³/mol. The minimum absolute atomic E-state index is 0.355. The van der Waals surface area contributed by atoms with E-state index in [1.54, 1.807) is 20.4 Å². The van der Waals surface area contributed by atoms with Crippen LogP contribution in [0.2, 0.25) is 0 Å². The number of aromatic nitrogens is 1. The molecule has 0 aliphatic carbocycles. The molecule has 0 saturated carbocycles. The molecule has 0 aliphatic heterocycles. The molecule has 2 rings (SSSR count). The van der Waals surface area contributed by atoms with E-state index in [2.05, 4.69) is 10.4 Å². The fourth-order valence-corrected chi connectivity index (χ4v) is 1.76. The van der Waals surface area contributed by atoms with Gasteiger partial charge in [0.05, 0.1) is 14.2 Å². The number of methoxy groups -OCH3 is 2. The first-order chi connectivity index (χ1) is 9.78. The summed E-state index contributed by atoms with van der Waals surface area (Å²) in [5, 5.41) is 0. The van der Waals surface area contributed by atoms with Crippen molar-refractivity contribution in [2.45, 2.75) is 6.61 Å². The van der Waals surface area contributed by atoms with Crippen LogP contribution in [0.25, 0.3) is 0 Å². The molecule has 0 saturated heterocycles. The lowest BCUT2D eigenvalue weighted by atomic mass is 10.2. The molecule has 3 N–H and O–H groups in total. The lowest BCUT2D eigenvalue weighted by Crippen LogP contribution is -2.09. The van der Waals surface area contributed by atoms with E-state index < -0.39 is 0 Å². The van der Waals surface area contributed by atoms with Crippen molar-refractivity contribution in [3.8, 4) is 17.2 Å². The van der Waals surface area contributed by atoms with Crippen LogP contribution >= 0.6 is 0 Å². The van der Waals surface area contributed by atoms with Crippen molar-refractivity contribution in [2.24, 2.45) is 5.84 Å². The van der Waals surface area contributed by atoms with Crippen LogP contribution in [-0.2, 0) is 6.61 Å². The Morgan fingerprint density at radius 3 is 2.45 bits per heavy atom. The number of nitrogens with zero attached hydrogens (tertiary/aromatic N) is 1. The Hall–Kier alpha value is -2.47. The van der Waals surface area contributed by atoms with E-state index in [0.717, 1.165) is 5.56 Å². The van der Waals surface area contributed by atoms with Crippen LogP contribution in [0.4, 0.5) is 5.82 Å². The summed E-state index contributed by atoms with van der Waals surface area (Å²) in [7, 11) is 3.18. The number of hydrogen-bond acceptors (Lipinski definition) is 6. The van der Waals surface area contributed by atoms with Crippen molar-refractivity contribution < 1.29 is 14.2 Å². The summed E-state index contributed by atoms with van der Waals surface area (Å²) in [6.07, 6.45) is 1.66. The second kappa shape index (κ2) is 6.63. The average Bonchev–Trinajstić information content (AvgIpc) is 2.52. The third kappa shape index (κ3) is 3.10. The molecule has 0 amide bonds. The molecule has 6 nitrogen and oxygen atoms in total. The van der Waals surface area contributed by atoms with Crippen LogP contribution in [0.3, 0.4) is 0 Å². The normalized spacial score (nSPS) is 9.95. The summed E-state index contributed by atoms with van der Waals surface area (Å²) in [6, 6.07) is 9.13. The molecule has 20 heavy (non-hydrogen) atoms. The summed E-state index contributed by atoms with van der Waals surface area (Å²) in [5.74, 6) is 7.71. The van der Waals surface area contributed by atoms with Gasteiger partial charge < -0.3 is 19.6 Å². The van der Waals surface area contributed by atoms with Crippen LogP contribution < -0.4 is 25.5 Å². The van der Waals surface area contributed by atoms with Gasteiger partial charge in [-0.15, -0.1) is 0 Å². The first-order valence-electron chi connectivity index (χ1n) is 6.03. The van der Waals surface area contributed by atoms with Gasteiger partial charge in [0.2, 0.25) is 5.75 Å². The van der Waals surface area contributed by atoms with E-state index in [1.165, 1.54) is 0 Å². The van der Waals surface area contributed by atoms with Crippen molar-refractivity contribution in [2.75, 3.05) is 19.6 Å². The van der Waals surface area contributed by atoms with Gasteiger partial charge in [-0.2, -0.15) is 0 Å². The number of hydrazine groups is 1. The highest BCUT2D eigenvalue weighted by Gasteiger charge is 2.11. The minimum atomic E-state index is 0.355. The maximum absolute atomic E-state index is 5.79. The molecule has 0 bridgehead atoms. The fraction of sp³-hybridized carbons (Fsp3) is 0.214. The highest BCUT2D eigenvalue weighted by molar-refractivity contribution is 5.51. The zero-order valence-corrected chi connectivity index (χ0v) is 11.4. The zero-order valence-electron chi connectivity index (χ0n) is 11.4. The number of hydrogen-bond donors (Lipinski definition) is 2. The number of benzene rings is 1. The van der Waals surface area contributed by atoms with Gasteiger partial charge in [-0.05, 0) is 29.8 Å². The smallest absolute Gasteiger partial charge is 0.203 e. The summed E-state index contributed by atoms with van der Waals surface area (Å²) < 4.78 is 16.3. The standard InChI is InChI=1S/C14H17N3O3/c1-18-11-4-3-5-12(19-2)14(11)20-9-10-6-7-16-13(8-10)17-15/h3-8H,9,15H2,1-2H3,(H,16,17). The zero-order chi connectivity index (χ0) is 14.4. The van der Waals surface area contributed by atoms with Crippen LogP contribution in [-0.4, -0.2) is 19.2 Å².